The first-order chi connectivity index (χ1) is 13.4. The van der Waals surface area contributed by atoms with Gasteiger partial charge in [0.25, 0.3) is 0 Å². The summed E-state index contributed by atoms with van der Waals surface area (Å²) in [4.78, 5) is 0. The predicted octanol–water partition coefficient (Wildman–Crippen LogP) is 5.05. The molecule has 2 aromatic carbocycles. The van der Waals surface area contributed by atoms with Gasteiger partial charge < -0.3 is 5.32 Å². The summed E-state index contributed by atoms with van der Waals surface area (Å²) >= 11 is 8.30. The zero-order valence-corrected chi connectivity index (χ0v) is 21.0. The van der Waals surface area contributed by atoms with Crippen molar-refractivity contribution in [3.8, 4) is 11.5 Å². The normalized spacial score (nSPS) is 10.8. The van der Waals surface area contributed by atoms with Crippen LogP contribution in [0.2, 0.25) is 0 Å². The van der Waals surface area contributed by atoms with Crippen molar-refractivity contribution in [2.75, 3.05) is 39.6 Å². The molecule has 0 radical (unpaired) electrons. The Balaban J connectivity index is 0.000000696. The zero-order chi connectivity index (χ0) is 20.8. The van der Waals surface area contributed by atoms with Crippen molar-refractivity contribution in [3.63, 3.8) is 0 Å². The van der Waals surface area contributed by atoms with Crippen LogP contribution in [0.1, 0.15) is 25.0 Å². The summed E-state index contributed by atoms with van der Waals surface area (Å²) in [7, 11) is 3.39. The van der Waals surface area contributed by atoms with Gasteiger partial charge in [-0.25, -0.2) is 0 Å². The van der Waals surface area contributed by atoms with E-state index in [1.54, 1.807) is 14.2 Å². The molecule has 156 valence electrons. The molecule has 0 saturated heterocycles. The van der Waals surface area contributed by atoms with Crippen molar-refractivity contribution in [1.29, 1.82) is 0 Å². The second-order valence-corrected chi connectivity index (χ2v) is 17.6. The first-order valence-corrected chi connectivity index (χ1v) is 15.2. The first kappa shape index (κ1) is 25.3. The third-order valence-electron chi connectivity index (χ3n) is 4.32. The van der Waals surface area contributed by atoms with E-state index in [2.05, 4.69) is 58.5 Å². The molecule has 0 spiro atoms. The summed E-state index contributed by atoms with van der Waals surface area (Å²) in [6.45, 7) is 6.39. The molecule has 0 aliphatic carbocycles. The van der Waals surface area contributed by atoms with Crippen LogP contribution in [0.25, 0.3) is 0 Å². The maximum atomic E-state index is 5.20. The van der Waals surface area contributed by atoms with Gasteiger partial charge in [-0.1, -0.05) is 13.8 Å². The quantitative estimate of drug-likeness (QED) is 0.280. The third-order valence-corrected chi connectivity index (χ3v) is 9.66. The van der Waals surface area contributed by atoms with Crippen LogP contribution >= 0.6 is 17.0 Å². The van der Waals surface area contributed by atoms with E-state index >= 15 is 0 Å². The monoisotopic (exact) mass is 487 g/mol. The molecule has 0 heterocycles. The molecular weight excluding hydrogens is 452 g/mol. The van der Waals surface area contributed by atoms with Crippen molar-refractivity contribution in [3.05, 3.63) is 59.7 Å². The number of ether oxygens (including phenoxy) is 2. The molecule has 0 aliphatic rings. The molecule has 0 amide bonds. The number of rotatable bonds is 10. The van der Waals surface area contributed by atoms with E-state index in [1.165, 1.54) is 11.1 Å². The molecular formula is C22H34NO2PSSe. The molecule has 0 aromatic heterocycles. The summed E-state index contributed by atoms with van der Waals surface area (Å²) in [6, 6.07) is 16.6. The van der Waals surface area contributed by atoms with Gasteiger partial charge in [0.15, 0.2) is 0 Å². The molecule has 2 aromatic rings. The van der Waals surface area contributed by atoms with Crippen molar-refractivity contribution < 1.29 is 9.47 Å². The number of hydrogen-bond acceptors (Lipinski definition) is 4. The third kappa shape index (κ3) is 10.7. The van der Waals surface area contributed by atoms with Crippen molar-refractivity contribution in [2.24, 2.45) is 0 Å². The van der Waals surface area contributed by atoms with Gasteiger partial charge in [0.1, 0.15) is 0 Å². The molecule has 1 N–H and O–H groups in total. The minimum absolute atomic E-state index is 0.906. The Morgan fingerprint density at radius 1 is 0.786 bits per heavy atom. The molecule has 0 unspecified atom stereocenters. The van der Waals surface area contributed by atoms with Crippen LogP contribution in [0.4, 0.5) is 0 Å². The number of aryl methyl sites for hydroxylation is 2. The summed E-state index contributed by atoms with van der Waals surface area (Å²) in [6.07, 6.45) is 4.32. The molecule has 28 heavy (non-hydrogen) atoms. The average Bonchev–Trinajstić information content (AvgIpc) is 2.73. The molecule has 0 fully saturated rings. The molecule has 2 rings (SSSR count). The van der Waals surface area contributed by atoms with Crippen LogP contribution < -0.4 is 14.8 Å². The molecule has 0 atom stereocenters. The zero-order valence-electron chi connectivity index (χ0n) is 17.5. The molecule has 0 aliphatic heterocycles. The Morgan fingerprint density at radius 3 is 1.39 bits per heavy atom. The van der Waals surface area contributed by atoms with Crippen LogP contribution in [0.3, 0.4) is 0 Å². The van der Waals surface area contributed by atoms with Gasteiger partial charge in [0.2, 0.25) is 0 Å². The van der Waals surface area contributed by atoms with Gasteiger partial charge >= 0.3 is 152 Å². The van der Waals surface area contributed by atoms with Crippen LogP contribution in [0.15, 0.2) is 48.5 Å². The summed E-state index contributed by atoms with van der Waals surface area (Å²) in [5.74, 6) is 1.81. The number of benzene rings is 2. The Bertz CT molecular complexity index is 650. The Hall–Kier alpha value is -0.701. The van der Waals surface area contributed by atoms with Crippen LogP contribution in [-0.2, 0) is 12.8 Å². The van der Waals surface area contributed by atoms with E-state index in [1.807, 2.05) is 24.3 Å². The van der Waals surface area contributed by atoms with Gasteiger partial charge in [-0.15, -0.1) is 0 Å². The van der Waals surface area contributed by atoms with Gasteiger partial charge in [-0.05, 0) is 13.1 Å². The number of thiol groups is 1. The Kier molecular flexibility index (Phi) is 12.9. The van der Waals surface area contributed by atoms with Crippen LogP contribution in [0.5, 0.6) is 11.5 Å². The molecule has 0 bridgehead atoms. The molecule has 6 heteroatoms. The number of hydrogen-bond donors (Lipinski definition) is 2. The van der Waals surface area contributed by atoms with E-state index in [-0.39, 0.29) is 0 Å². The van der Waals surface area contributed by atoms with Gasteiger partial charge in [0.05, 0.1) is 0 Å². The van der Waals surface area contributed by atoms with E-state index in [0.29, 0.717) is 0 Å². The first-order valence-electron chi connectivity index (χ1n) is 9.71. The van der Waals surface area contributed by atoms with Gasteiger partial charge in [0, 0.05) is 0 Å². The fourth-order valence-electron chi connectivity index (χ4n) is 2.55. The predicted molar refractivity (Wildman–Crippen MR) is 129 cm³/mol. The number of methoxy groups -OCH3 is 2. The van der Waals surface area contributed by atoms with E-state index in [4.69, 9.17) is 21.7 Å². The topological polar surface area (TPSA) is 30.5 Å². The van der Waals surface area contributed by atoms with Crippen molar-refractivity contribution in [1.82, 2.24) is 5.32 Å². The minimum atomic E-state index is -1.30. The van der Waals surface area contributed by atoms with E-state index in [9.17, 15) is 0 Å². The second kappa shape index (κ2) is 14.3. The summed E-state index contributed by atoms with van der Waals surface area (Å²) in [5.41, 5.74) is 2.67. The van der Waals surface area contributed by atoms with Crippen molar-refractivity contribution in [2.45, 2.75) is 26.7 Å². The molecule has 0 saturated carbocycles. The maximum absolute atomic E-state index is 5.20. The van der Waals surface area contributed by atoms with Gasteiger partial charge in [-0.3, -0.25) is 0 Å². The summed E-state index contributed by atoms with van der Waals surface area (Å²) < 4.78 is 9.09. The van der Waals surface area contributed by atoms with E-state index in [0.717, 1.165) is 49.8 Å². The standard InChI is InChI=1S/C18H23O2PSSe.C4H11N/c1-19-17-7-3-15(4-8-17)11-13-21(22,23)14-12-16-5-9-18(20-2)10-6-16;1-3-5-4-2/h3-10H,11-14H2,1-2H3,(H,22,23);5H,3-4H2,1-2H3. The second-order valence-electron chi connectivity index (χ2n) is 6.45. The van der Waals surface area contributed by atoms with Crippen LogP contribution in [0, 0.1) is 0 Å². The molecule has 3 nitrogen and oxygen atoms in total. The SMILES string of the molecule is CCNCC.COc1ccc(CCP(S)(=[Se])CCc2ccc(OC)cc2)cc1. The fraction of sp³-hybridized carbons (Fsp3) is 0.455. The Labute approximate surface area is 184 Å². The van der Waals surface area contributed by atoms with Crippen LogP contribution in [-0.4, -0.2) is 54.7 Å². The average molecular weight is 487 g/mol. The number of nitrogens with one attached hydrogen (secondary N) is 1. The van der Waals surface area contributed by atoms with Crippen molar-refractivity contribution >= 4 is 32.1 Å². The fourth-order valence-corrected chi connectivity index (χ4v) is 5.74. The van der Waals surface area contributed by atoms with E-state index < -0.39 is 4.71 Å². The Morgan fingerprint density at radius 2 is 1.14 bits per heavy atom. The summed E-state index contributed by atoms with van der Waals surface area (Å²) in [5, 5.41) is 3.11. The van der Waals surface area contributed by atoms with Gasteiger partial charge in [-0.2, -0.15) is 0 Å².